The van der Waals surface area contributed by atoms with Gasteiger partial charge in [-0.2, -0.15) is 0 Å². The van der Waals surface area contributed by atoms with Gasteiger partial charge in [-0.3, -0.25) is 0 Å². The van der Waals surface area contributed by atoms with E-state index in [0.29, 0.717) is 5.75 Å². The zero-order chi connectivity index (χ0) is 12.0. The first-order chi connectivity index (χ1) is 7.70. The highest BCUT2D eigenvalue weighted by atomic mass is 16.3. The van der Waals surface area contributed by atoms with Crippen molar-refractivity contribution >= 4 is 0 Å². The lowest BCUT2D eigenvalue weighted by Gasteiger charge is -2.29. The Morgan fingerprint density at radius 3 is 2.06 bits per heavy atom. The Kier molecular flexibility index (Phi) is 4.12. The summed E-state index contributed by atoms with van der Waals surface area (Å²) in [7, 11) is 0. The molecule has 0 amide bonds. The van der Waals surface area contributed by atoms with Gasteiger partial charge in [0.25, 0.3) is 0 Å². The molecule has 0 bridgehead atoms. The summed E-state index contributed by atoms with van der Waals surface area (Å²) in [5.74, 6) is 0.297. The van der Waals surface area contributed by atoms with Gasteiger partial charge in [-0.25, -0.2) is 0 Å². The molecule has 0 heterocycles. The van der Waals surface area contributed by atoms with Gasteiger partial charge in [0.2, 0.25) is 0 Å². The van der Waals surface area contributed by atoms with E-state index in [0.717, 1.165) is 18.4 Å². The summed E-state index contributed by atoms with van der Waals surface area (Å²) < 4.78 is 0. The van der Waals surface area contributed by atoms with Crippen molar-refractivity contribution < 1.29 is 5.11 Å². The third-order valence-electron chi connectivity index (χ3n) is 2.85. The standard InChI is InChI=1S/C15H18O/c1-4-11-15(6-3,12-5-2)13-9-7-8-10-14(13)16/h4-10,16H,1-3,11-12H2. The lowest BCUT2D eigenvalue weighted by molar-refractivity contribution is 0.441. The van der Waals surface area contributed by atoms with Gasteiger partial charge >= 0.3 is 0 Å². The quantitative estimate of drug-likeness (QED) is 0.710. The van der Waals surface area contributed by atoms with E-state index in [1.165, 1.54) is 0 Å². The number of phenols is 1. The third-order valence-corrected chi connectivity index (χ3v) is 2.85. The van der Waals surface area contributed by atoms with Gasteiger partial charge < -0.3 is 5.11 Å². The van der Waals surface area contributed by atoms with E-state index in [1.54, 1.807) is 6.07 Å². The number of hydrogen-bond donors (Lipinski definition) is 1. The molecule has 0 fully saturated rings. The van der Waals surface area contributed by atoms with Crippen molar-refractivity contribution in [2.24, 2.45) is 0 Å². The van der Waals surface area contributed by atoms with Crippen LogP contribution in [0.2, 0.25) is 0 Å². The molecule has 0 saturated heterocycles. The van der Waals surface area contributed by atoms with Gasteiger partial charge in [0, 0.05) is 11.0 Å². The predicted molar refractivity (Wildman–Crippen MR) is 69.6 cm³/mol. The lowest BCUT2D eigenvalue weighted by Crippen LogP contribution is -2.21. The molecule has 0 aliphatic heterocycles. The Labute approximate surface area is 97.4 Å². The van der Waals surface area contributed by atoms with E-state index in [9.17, 15) is 5.11 Å². The predicted octanol–water partition coefficient (Wildman–Crippen LogP) is 3.97. The van der Waals surface area contributed by atoms with Crippen LogP contribution >= 0.6 is 0 Å². The Hall–Kier alpha value is -1.76. The maximum atomic E-state index is 9.91. The minimum Gasteiger partial charge on any atom is -0.508 e. The molecule has 0 aliphatic rings. The Balaban J connectivity index is 3.28. The summed E-state index contributed by atoms with van der Waals surface area (Å²) in [5, 5.41) is 9.91. The zero-order valence-corrected chi connectivity index (χ0v) is 9.52. The average molecular weight is 214 g/mol. The second-order valence-corrected chi connectivity index (χ2v) is 3.86. The van der Waals surface area contributed by atoms with Crippen molar-refractivity contribution in [1.82, 2.24) is 0 Å². The van der Waals surface area contributed by atoms with Crippen LogP contribution in [0.25, 0.3) is 0 Å². The molecule has 1 N–H and O–H groups in total. The molecule has 0 aliphatic carbocycles. The van der Waals surface area contributed by atoms with Crippen molar-refractivity contribution in [3.8, 4) is 5.75 Å². The molecular formula is C15H18O. The minimum absolute atomic E-state index is 0.297. The molecule has 0 spiro atoms. The fraction of sp³-hybridized carbons (Fsp3) is 0.200. The number of phenolic OH excluding ortho intramolecular Hbond substituents is 1. The molecule has 0 aromatic heterocycles. The molecular weight excluding hydrogens is 196 g/mol. The van der Waals surface area contributed by atoms with Gasteiger partial charge in [-0.15, -0.1) is 19.7 Å². The Morgan fingerprint density at radius 2 is 1.62 bits per heavy atom. The molecule has 0 atom stereocenters. The first-order valence-electron chi connectivity index (χ1n) is 5.34. The molecule has 16 heavy (non-hydrogen) atoms. The number of allylic oxidation sites excluding steroid dienone is 3. The molecule has 0 saturated carbocycles. The number of rotatable bonds is 6. The van der Waals surface area contributed by atoms with Crippen molar-refractivity contribution in [2.75, 3.05) is 0 Å². The molecule has 0 radical (unpaired) electrons. The highest BCUT2D eigenvalue weighted by Crippen LogP contribution is 2.38. The zero-order valence-electron chi connectivity index (χ0n) is 9.52. The molecule has 1 heteroatoms. The third kappa shape index (κ3) is 2.25. The molecule has 1 nitrogen and oxygen atoms in total. The highest BCUT2D eigenvalue weighted by Gasteiger charge is 2.28. The summed E-state index contributed by atoms with van der Waals surface area (Å²) in [6, 6.07) is 7.34. The first-order valence-corrected chi connectivity index (χ1v) is 5.34. The maximum Gasteiger partial charge on any atom is 0.119 e. The van der Waals surface area contributed by atoms with Crippen molar-refractivity contribution in [3.05, 3.63) is 67.8 Å². The van der Waals surface area contributed by atoms with Crippen LogP contribution in [0.1, 0.15) is 18.4 Å². The summed E-state index contributed by atoms with van der Waals surface area (Å²) >= 11 is 0. The molecule has 0 unspecified atom stereocenters. The van der Waals surface area contributed by atoms with Gasteiger partial charge in [0.05, 0.1) is 0 Å². The summed E-state index contributed by atoms with van der Waals surface area (Å²) in [6.07, 6.45) is 7.03. The summed E-state index contributed by atoms with van der Waals surface area (Å²) in [4.78, 5) is 0. The summed E-state index contributed by atoms with van der Waals surface area (Å²) in [6.45, 7) is 11.4. The van der Waals surface area contributed by atoms with Crippen molar-refractivity contribution in [1.29, 1.82) is 0 Å². The van der Waals surface area contributed by atoms with Crippen LogP contribution in [-0.4, -0.2) is 5.11 Å². The normalized spacial score (nSPS) is 10.8. The average Bonchev–Trinajstić information content (AvgIpc) is 2.29. The summed E-state index contributed by atoms with van der Waals surface area (Å²) in [5.41, 5.74) is 0.583. The van der Waals surface area contributed by atoms with Crippen LogP contribution in [0.3, 0.4) is 0 Å². The Bertz CT molecular complexity index is 380. The van der Waals surface area contributed by atoms with E-state index in [2.05, 4.69) is 19.7 Å². The van der Waals surface area contributed by atoms with Crippen molar-refractivity contribution in [2.45, 2.75) is 18.3 Å². The highest BCUT2D eigenvalue weighted by molar-refractivity contribution is 5.42. The van der Waals surface area contributed by atoms with Crippen LogP contribution in [0, 0.1) is 0 Å². The van der Waals surface area contributed by atoms with Gasteiger partial charge in [-0.05, 0) is 18.9 Å². The SMILES string of the molecule is C=CCC(C=C)(CC=C)c1ccccc1O. The number of para-hydroxylation sites is 1. The molecule has 84 valence electrons. The van der Waals surface area contributed by atoms with E-state index in [4.69, 9.17) is 0 Å². The fourth-order valence-electron chi connectivity index (χ4n) is 1.99. The van der Waals surface area contributed by atoms with Crippen LogP contribution in [0.15, 0.2) is 62.2 Å². The van der Waals surface area contributed by atoms with E-state index in [1.807, 2.05) is 36.4 Å². The van der Waals surface area contributed by atoms with Crippen LogP contribution in [-0.2, 0) is 5.41 Å². The fourth-order valence-corrected chi connectivity index (χ4v) is 1.99. The van der Waals surface area contributed by atoms with Crippen LogP contribution in [0.5, 0.6) is 5.75 Å². The number of benzene rings is 1. The Morgan fingerprint density at radius 1 is 1.06 bits per heavy atom. The van der Waals surface area contributed by atoms with Crippen molar-refractivity contribution in [3.63, 3.8) is 0 Å². The van der Waals surface area contributed by atoms with E-state index < -0.39 is 0 Å². The molecule has 1 rings (SSSR count). The second kappa shape index (κ2) is 5.36. The number of aromatic hydroxyl groups is 1. The first kappa shape index (κ1) is 12.3. The topological polar surface area (TPSA) is 20.2 Å². The largest absolute Gasteiger partial charge is 0.508 e. The lowest BCUT2D eigenvalue weighted by atomic mass is 9.74. The monoisotopic (exact) mass is 214 g/mol. The van der Waals surface area contributed by atoms with Gasteiger partial charge in [0.1, 0.15) is 5.75 Å². The van der Waals surface area contributed by atoms with Gasteiger partial charge in [0.15, 0.2) is 0 Å². The van der Waals surface area contributed by atoms with E-state index >= 15 is 0 Å². The molecule has 1 aromatic carbocycles. The van der Waals surface area contributed by atoms with E-state index in [-0.39, 0.29) is 5.41 Å². The maximum absolute atomic E-state index is 9.91. The van der Waals surface area contributed by atoms with Gasteiger partial charge in [-0.1, -0.05) is 36.4 Å². The van der Waals surface area contributed by atoms with Crippen LogP contribution in [0.4, 0.5) is 0 Å². The smallest absolute Gasteiger partial charge is 0.119 e. The van der Waals surface area contributed by atoms with Crippen LogP contribution < -0.4 is 0 Å². The number of hydrogen-bond acceptors (Lipinski definition) is 1. The molecule has 1 aromatic rings. The minimum atomic E-state index is -0.297. The second-order valence-electron chi connectivity index (χ2n) is 3.86.